The molecular weight excluding hydrogens is 260 g/mol. The van der Waals surface area contributed by atoms with Crippen molar-refractivity contribution in [1.82, 2.24) is 10.2 Å². The smallest absolute Gasteiger partial charge is 0.106 e. The third-order valence-corrected chi connectivity index (χ3v) is 2.99. The molecule has 5 heteroatoms. The number of aromatic nitrogens is 2. The van der Waals surface area contributed by atoms with Crippen molar-refractivity contribution in [1.29, 1.82) is 0 Å². The van der Waals surface area contributed by atoms with E-state index in [0.717, 1.165) is 10.9 Å². The quantitative estimate of drug-likeness (QED) is 0.738. The Morgan fingerprint density at radius 3 is 2.93 bits per heavy atom. The zero-order valence-corrected chi connectivity index (χ0v) is 9.48. The summed E-state index contributed by atoms with van der Waals surface area (Å²) in [6.45, 7) is 0. The molecule has 0 bridgehead atoms. The first-order valence-corrected chi connectivity index (χ1v) is 5.69. The third-order valence-electron chi connectivity index (χ3n) is 2.33. The second kappa shape index (κ2) is 4.30. The lowest BCUT2D eigenvalue weighted by atomic mass is 10.0. The summed E-state index contributed by atoms with van der Waals surface area (Å²) in [6.07, 6.45) is 0.0181. The summed E-state index contributed by atoms with van der Waals surface area (Å²) in [5.41, 5.74) is 1.61. The minimum Gasteiger partial charge on any atom is -0.389 e. The minimum atomic E-state index is -0.872. The van der Waals surface area contributed by atoms with E-state index in [4.69, 9.17) is 0 Å². The maximum absolute atomic E-state index is 9.78. The van der Waals surface area contributed by atoms with E-state index in [1.165, 1.54) is 0 Å². The molecule has 0 amide bonds. The number of rotatable bonds is 3. The zero-order valence-electron chi connectivity index (χ0n) is 7.89. The van der Waals surface area contributed by atoms with Crippen molar-refractivity contribution in [3.8, 4) is 0 Å². The summed E-state index contributed by atoms with van der Waals surface area (Å²) >= 11 is 3.13. The molecule has 0 aliphatic rings. The van der Waals surface area contributed by atoms with Gasteiger partial charge in [0.2, 0.25) is 0 Å². The molecule has 2 aromatic rings. The van der Waals surface area contributed by atoms with E-state index in [-0.39, 0.29) is 0 Å². The molecule has 1 aromatic carbocycles. The monoisotopic (exact) mass is 270 g/mol. The Balaban J connectivity index is 2.35. The number of aromatic amines is 1. The SMILES string of the molecule is OC(CBr)C(O)c1ccc2[nH]ncc2c1. The molecule has 2 unspecified atom stereocenters. The van der Waals surface area contributed by atoms with Gasteiger partial charge in [-0.15, -0.1) is 0 Å². The first-order chi connectivity index (χ1) is 7.22. The van der Waals surface area contributed by atoms with E-state index >= 15 is 0 Å². The van der Waals surface area contributed by atoms with Crippen molar-refractivity contribution < 1.29 is 10.2 Å². The fourth-order valence-corrected chi connectivity index (χ4v) is 1.81. The number of aliphatic hydroxyl groups excluding tert-OH is 2. The van der Waals surface area contributed by atoms with E-state index in [1.54, 1.807) is 12.3 Å². The molecule has 0 spiro atoms. The van der Waals surface area contributed by atoms with Crippen molar-refractivity contribution in [3.05, 3.63) is 30.0 Å². The van der Waals surface area contributed by atoms with Crippen LogP contribution in [0, 0.1) is 0 Å². The molecule has 3 N–H and O–H groups in total. The van der Waals surface area contributed by atoms with Gasteiger partial charge in [-0.25, -0.2) is 0 Å². The van der Waals surface area contributed by atoms with Gasteiger partial charge in [-0.2, -0.15) is 5.10 Å². The number of aliphatic hydroxyl groups is 2. The third kappa shape index (κ3) is 2.04. The molecule has 0 fully saturated rings. The maximum atomic E-state index is 9.78. The highest BCUT2D eigenvalue weighted by Gasteiger charge is 2.17. The molecule has 0 saturated carbocycles. The van der Waals surface area contributed by atoms with Crippen molar-refractivity contribution >= 4 is 26.8 Å². The maximum Gasteiger partial charge on any atom is 0.106 e. The van der Waals surface area contributed by atoms with Gasteiger partial charge in [-0.1, -0.05) is 22.0 Å². The van der Waals surface area contributed by atoms with Gasteiger partial charge in [0.1, 0.15) is 6.10 Å². The lowest BCUT2D eigenvalue weighted by Crippen LogP contribution is -2.19. The number of benzene rings is 1. The standard InChI is InChI=1S/C10H11BrN2O2/c11-4-9(14)10(15)6-1-2-8-7(3-6)5-12-13-8/h1-3,5,9-10,14-15H,4H2,(H,12,13). The molecule has 2 rings (SSSR count). The predicted octanol–water partition coefficient (Wildman–Crippen LogP) is 1.35. The summed E-state index contributed by atoms with van der Waals surface area (Å²) in [6, 6.07) is 5.42. The molecule has 0 saturated heterocycles. The van der Waals surface area contributed by atoms with Crippen LogP contribution in [0.25, 0.3) is 10.9 Å². The Kier molecular flexibility index (Phi) is 3.04. The summed E-state index contributed by atoms with van der Waals surface area (Å²) in [7, 11) is 0. The van der Waals surface area contributed by atoms with Crippen molar-refractivity contribution in [2.24, 2.45) is 0 Å². The summed E-state index contributed by atoms with van der Waals surface area (Å²) < 4.78 is 0. The van der Waals surface area contributed by atoms with Gasteiger partial charge in [0.25, 0.3) is 0 Å². The summed E-state index contributed by atoms with van der Waals surface area (Å²) in [5, 5.41) is 27.2. The molecule has 0 aliphatic carbocycles. The molecule has 15 heavy (non-hydrogen) atoms. The summed E-state index contributed by atoms with van der Waals surface area (Å²) in [5.74, 6) is 0. The molecule has 1 heterocycles. The van der Waals surface area contributed by atoms with Crippen LogP contribution in [0.3, 0.4) is 0 Å². The minimum absolute atomic E-state index is 0.345. The van der Waals surface area contributed by atoms with Crippen molar-refractivity contribution in [2.75, 3.05) is 5.33 Å². The Morgan fingerprint density at radius 1 is 1.40 bits per heavy atom. The number of nitrogens with zero attached hydrogens (tertiary/aromatic N) is 1. The van der Waals surface area contributed by atoms with E-state index in [9.17, 15) is 10.2 Å². The topological polar surface area (TPSA) is 69.1 Å². The largest absolute Gasteiger partial charge is 0.389 e. The number of H-pyrrole nitrogens is 1. The van der Waals surface area contributed by atoms with E-state index < -0.39 is 12.2 Å². The van der Waals surface area contributed by atoms with Crippen molar-refractivity contribution in [3.63, 3.8) is 0 Å². The normalized spacial score (nSPS) is 15.4. The van der Waals surface area contributed by atoms with Crippen molar-refractivity contribution in [2.45, 2.75) is 12.2 Å². The average Bonchev–Trinajstić information content (AvgIpc) is 2.73. The fourth-order valence-electron chi connectivity index (χ4n) is 1.45. The van der Waals surface area contributed by atoms with Gasteiger partial charge in [0.05, 0.1) is 17.8 Å². The van der Waals surface area contributed by atoms with Gasteiger partial charge < -0.3 is 10.2 Å². The second-order valence-electron chi connectivity index (χ2n) is 3.38. The number of halogens is 1. The van der Waals surface area contributed by atoms with Gasteiger partial charge in [-0.05, 0) is 17.7 Å². The lowest BCUT2D eigenvalue weighted by Gasteiger charge is -2.15. The van der Waals surface area contributed by atoms with Gasteiger partial charge in [-0.3, -0.25) is 5.10 Å². The molecule has 0 aliphatic heterocycles. The van der Waals surface area contributed by atoms with Crippen LogP contribution in [-0.4, -0.2) is 31.8 Å². The molecular formula is C10H11BrN2O2. The summed E-state index contributed by atoms with van der Waals surface area (Å²) in [4.78, 5) is 0. The predicted molar refractivity (Wildman–Crippen MR) is 60.9 cm³/mol. The van der Waals surface area contributed by atoms with Crippen LogP contribution >= 0.6 is 15.9 Å². The number of nitrogens with one attached hydrogen (secondary N) is 1. The van der Waals surface area contributed by atoms with Crippen LogP contribution in [-0.2, 0) is 0 Å². The highest BCUT2D eigenvalue weighted by Crippen LogP contribution is 2.21. The first kappa shape index (κ1) is 10.6. The number of hydrogen-bond acceptors (Lipinski definition) is 3. The molecule has 4 nitrogen and oxygen atoms in total. The van der Waals surface area contributed by atoms with Crippen LogP contribution in [0.1, 0.15) is 11.7 Å². The lowest BCUT2D eigenvalue weighted by molar-refractivity contribution is 0.0343. The first-order valence-electron chi connectivity index (χ1n) is 4.57. The molecule has 2 atom stereocenters. The zero-order chi connectivity index (χ0) is 10.8. The number of fused-ring (bicyclic) bond motifs is 1. The van der Waals surface area contributed by atoms with E-state index in [0.29, 0.717) is 10.9 Å². The highest BCUT2D eigenvalue weighted by atomic mass is 79.9. The van der Waals surface area contributed by atoms with Gasteiger partial charge in [0, 0.05) is 10.7 Å². The van der Waals surface area contributed by atoms with E-state index in [2.05, 4.69) is 26.1 Å². The molecule has 80 valence electrons. The molecule has 0 radical (unpaired) electrons. The van der Waals surface area contributed by atoms with Gasteiger partial charge in [0.15, 0.2) is 0 Å². The Bertz CT molecular complexity index is 457. The average molecular weight is 271 g/mol. The molecule has 1 aromatic heterocycles. The Morgan fingerprint density at radius 2 is 2.20 bits per heavy atom. The van der Waals surface area contributed by atoms with Crippen LogP contribution in [0.5, 0.6) is 0 Å². The van der Waals surface area contributed by atoms with E-state index in [1.807, 2.05) is 12.1 Å². The highest BCUT2D eigenvalue weighted by molar-refractivity contribution is 9.09. The Labute approximate surface area is 95.1 Å². The fraction of sp³-hybridized carbons (Fsp3) is 0.300. The van der Waals surface area contributed by atoms with Gasteiger partial charge >= 0.3 is 0 Å². The van der Waals surface area contributed by atoms with Crippen LogP contribution < -0.4 is 0 Å². The number of alkyl halides is 1. The number of hydrogen-bond donors (Lipinski definition) is 3. The Hall–Kier alpha value is -0.910. The van der Waals surface area contributed by atoms with Crippen LogP contribution in [0.4, 0.5) is 0 Å². The second-order valence-corrected chi connectivity index (χ2v) is 4.03. The van der Waals surface area contributed by atoms with Crippen LogP contribution in [0.15, 0.2) is 24.4 Å². The van der Waals surface area contributed by atoms with Crippen LogP contribution in [0.2, 0.25) is 0 Å².